The second-order valence-electron chi connectivity index (χ2n) is 4.92. The van der Waals surface area contributed by atoms with Crippen molar-refractivity contribution in [1.29, 1.82) is 0 Å². The maximum absolute atomic E-state index is 13.0. The number of carboxylic acid groups (broad SMARTS) is 1. The van der Waals surface area contributed by atoms with Crippen LogP contribution >= 0.6 is 0 Å². The second-order valence-corrected chi connectivity index (χ2v) is 4.92. The summed E-state index contributed by atoms with van der Waals surface area (Å²) in [6.07, 6.45) is -1.20. The summed E-state index contributed by atoms with van der Waals surface area (Å²) in [7, 11) is 0. The van der Waals surface area contributed by atoms with Crippen LogP contribution in [-0.4, -0.2) is 17.0 Å². The van der Waals surface area contributed by atoms with E-state index in [1.54, 1.807) is 19.1 Å². The van der Waals surface area contributed by atoms with Gasteiger partial charge in [0.05, 0.1) is 0 Å². The number of hydrogen-bond donors (Lipinski definition) is 1. The third-order valence-electron chi connectivity index (χ3n) is 3.44. The van der Waals surface area contributed by atoms with Crippen molar-refractivity contribution < 1.29 is 18.7 Å². The number of halogens is 2. The van der Waals surface area contributed by atoms with E-state index in [1.165, 1.54) is 0 Å². The molecule has 0 amide bonds. The largest absolute Gasteiger partial charge is 0.481 e. The van der Waals surface area contributed by atoms with E-state index < -0.39 is 30.1 Å². The van der Waals surface area contributed by atoms with Gasteiger partial charge < -0.3 is 5.11 Å². The van der Waals surface area contributed by atoms with Crippen LogP contribution in [-0.2, 0) is 10.2 Å². The highest BCUT2D eigenvalue weighted by Gasteiger charge is 2.62. The summed E-state index contributed by atoms with van der Waals surface area (Å²) in [6.45, 7) is 3.59. The smallest absolute Gasteiger partial charge is 0.314 e. The van der Waals surface area contributed by atoms with Gasteiger partial charge in [-0.3, -0.25) is 4.79 Å². The summed E-state index contributed by atoms with van der Waals surface area (Å²) in [4.78, 5) is 11.3. The fourth-order valence-corrected chi connectivity index (χ4v) is 2.54. The topological polar surface area (TPSA) is 37.3 Å². The molecule has 2 rings (SSSR count). The van der Waals surface area contributed by atoms with Crippen LogP contribution in [0.4, 0.5) is 8.78 Å². The van der Waals surface area contributed by atoms with Crippen LogP contribution in [0.2, 0.25) is 0 Å². The number of alkyl halides is 2. The maximum Gasteiger partial charge on any atom is 0.314 e. The van der Waals surface area contributed by atoms with Gasteiger partial charge in [-0.15, -0.1) is 0 Å². The van der Waals surface area contributed by atoms with Crippen LogP contribution in [0.25, 0.3) is 0 Å². The van der Waals surface area contributed by atoms with Gasteiger partial charge in [0.25, 0.3) is 5.92 Å². The van der Waals surface area contributed by atoms with E-state index in [0.29, 0.717) is 5.56 Å². The van der Waals surface area contributed by atoms with Gasteiger partial charge >= 0.3 is 5.97 Å². The normalized spacial score (nSPS) is 20.7. The molecule has 1 aromatic carbocycles. The summed E-state index contributed by atoms with van der Waals surface area (Å²) in [5, 5.41) is 9.25. The van der Waals surface area contributed by atoms with E-state index in [9.17, 15) is 18.7 Å². The lowest BCUT2D eigenvalue weighted by Crippen LogP contribution is -2.54. The summed E-state index contributed by atoms with van der Waals surface area (Å²) in [6, 6.07) is 5.34. The Bertz CT molecular complexity index is 472. The summed E-state index contributed by atoms with van der Waals surface area (Å²) >= 11 is 0. The minimum absolute atomic E-state index is 0.524. The molecule has 1 fully saturated rings. The Morgan fingerprint density at radius 2 is 1.88 bits per heavy atom. The first kappa shape index (κ1) is 12.0. The first-order valence-electron chi connectivity index (χ1n) is 5.46. The standard InChI is InChI=1S/C13H14F2O2/c1-8-3-4-9(2)10(5-8)12(11(16)17)6-13(14,15)7-12/h3-5H,6-7H2,1-2H3,(H,16,17). The van der Waals surface area contributed by atoms with Gasteiger partial charge in [-0.1, -0.05) is 23.8 Å². The highest BCUT2D eigenvalue weighted by Crippen LogP contribution is 2.54. The lowest BCUT2D eigenvalue weighted by atomic mass is 9.61. The van der Waals surface area contributed by atoms with Gasteiger partial charge in [0, 0.05) is 12.8 Å². The molecule has 0 heterocycles. The molecule has 0 saturated heterocycles. The van der Waals surface area contributed by atoms with Crippen molar-refractivity contribution in [3.63, 3.8) is 0 Å². The Kier molecular flexibility index (Phi) is 2.49. The average molecular weight is 240 g/mol. The SMILES string of the molecule is Cc1ccc(C)c(C2(C(=O)O)CC(F)(F)C2)c1. The van der Waals surface area contributed by atoms with E-state index in [0.717, 1.165) is 11.1 Å². The van der Waals surface area contributed by atoms with Crippen LogP contribution in [0, 0.1) is 13.8 Å². The molecular formula is C13H14F2O2. The fraction of sp³-hybridized carbons (Fsp3) is 0.462. The number of rotatable bonds is 2. The molecule has 1 N–H and O–H groups in total. The predicted octanol–water partition coefficient (Wildman–Crippen LogP) is 3.05. The van der Waals surface area contributed by atoms with Crippen molar-refractivity contribution in [3.05, 3.63) is 34.9 Å². The van der Waals surface area contributed by atoms with Gasteiger partial charge in [0.1, 0.15) is 5.41 Å². The Hall–Kier alpha value is -1.45. The lowest BCUT2D eigenvalue weighted by Gasteiger charge is -2.45. The molecule has 92 valence electrons. The number of aliphatic carboxylic acids is 1. The van der Waals surface area contributed by atoms with Gasteiger partial charge in [0.2, 0.25) is 0 Å². The Labute approximate surface area is 98.3 Å². The van der Waals surface area contributed by atoms with E-state index in [1.807, 2.05) is 13.0 Å². The molecule has 0 radical (unpaired) electrons. The second kappa shape index (κ2) is 3.52. The molecule has 0 unspecified atom stereocenters. The molecule has 17 heavy (non-hydrogen) atoms. The minimum Gasteiger partial charge on any atom is -0.481 e. The van der Waals surface area contributed by atoms with Crippen LogP contribution in [0.1, 0.15) is 29.5 Å². The number of carbonyl (C=O) groups is 1. The Morgan fingerprint density at radius 3 is 2.35 bits per heavy atom. The first-order valence-corrected chi connectivity index (χ1v) is 5.46. The Balaban J connectivity index is 2.49. The molecule has 1 aromatic rings. The van der Waals surface area contributed by atoms with Gasteiger partial charge in [-0.05, 0) is 25.0 Å². The molecule has 0 aromatic heterocycles. The van der Waals surface area contributed by atoms with E-state index in [4.69, 9.17) is 0 Å². The quantitative estimate of drug-likeness (QED) is 0.862. The van der Waals surface area contributed by atoms with Crippen molar-refractivity contribution >= 4 is 5.97 Å². The van der Waals surface area contributed by atoms with Gasteiger partial charge in [-0.2, -0.15) is 0 Å². The molecule has 1 saturated carbocycles. The van der Waals surface area contributed by atoms with E-state index >= 15 is 0 Å². The molecule has 2 nitrogen and oxygen atoms in total. The van der Waals surface area contributed by atoms with Crippen molar-refractivity contribution in [2.45, 2.75) is 38.0 Å². The van der Waals surface area contributed by atoms with Gasteiger partial charge in [-0.25, -0.2) is 8.78 Å². The third-order valence-corrected chi connectivity index (χ3v) is 3.44. The lowest BCUT2D eigenvalue weighted by molar-refractivity contribution is -0.174. The zero-order valence-corrected chi connectivity index (χ0v) is 9.76. The maximum atomic E-state index is 13.0. The fourth-order valence-electron chi connectivity index (χ4n) is 2.54. The molecule has 0 bridgehead atoms. The molecule has 4 heteroatoms. The highest BCUT2D eigenvalue weighted by atomic mass is 19.3. The van der Waals surface area contributed by atoms with E-state index in [2.05, 4.69) is 0 Å². The van der Waals surface area contributed by atoms with Crippen LogP contribution in [0.3, 0.4) is 0 Å². The van der Waals surface area contributed by atoms with Crippen LogP contribution in [0.15, 0.2) is 18.2 Å². The first-order chi connectivity index (χ1) is 7.77. The molecule has 0 aliphatic heterocycles. The van der Waals surface area contributed by atoms with Crippen molar-refractivity contribution in [3.8, 4) is 0 Å². The molecule has 1 aliphatic carbocycles. The predicted molar refractivity (Wildman–Crippen MR) is 59.4 cm³/mol. The average Bonchev–Trinajstić information content (AvgIpc) is 2.17. The van der Waals surface area contributed by atoms with Crippen molar-refractivity contribution in [1.82, 2.24) is 0 Å². The number of benzene rings is 1. The highest BCUT2D eigenvalue weighted by molar-refractivity contribution is 5.84. The number of hydrogen-bond acceptors (Lipinski definition) is 1. The van der Waals surface area contributed by atoms with Crippen molar-refractivity contribution in [2.24, 2.45) is 0 Å². The van der Waals surface area contributed by atoms with Gasteiger partial charge in [0.15, 0.2) is 0 Å². The Morgan fingerprint density at radius 1 is 1.29 bits per heavy atom. The summed E-state index contributed by atoms with van der Waals surface area (Å²) in [5.74, 6) is -4.01. The molecule has 0 spiro atoms. The van der Waals surface area contributed by atoms with E-state index in [-0.39, 0.29) is 0 Å². The summed E-state index contributed by atoms with van der Waals surface area (Å²) in [5.41, 5.74) is 0.769. The van der Waals surface area contributed by atoms with Crippen molar-refractivity contribution in [2.75, 3.05) is 0 Å². The third kappa shape index (κ3) is 1.81. The summed E-state index contributed by atoms with van der Waals surface area (Å²) < 4.78 is 26.1. The van der Waals surface area contributed by atoms with Crippen LogP contribution in [0.5, 0.6) is 0 Å². The minimum atomic E-state index is -2.85. The number of carboxylic acids is 1. The number of aryl methyl sites for hydroxylation is 2. The van der Waals surface area contributed by atoms with Crippen LogP contribution < -0.4 is 0 Å². The zero-order chi connectivity index (χ0) is 12.8. The molecular weight excluding hydrogens is 226 g/mol. The molecule has 0 atom stereocenters. The molecule has 1 aliphatic rings. The zero-order valence-electron chi connectivity index (χ0n) is 9.76. The monoisotopic (exact) mass is 240 g/mol.